The number of ether oxygens (including phenoxy) is 1. The molecule has 3 nitrogen and oxygen atoms in total. The van der Waals surface area contributed by atoms with E-state index in [1.807, 2.05) is 22.6 Å². The third-order valence-electron chi connectivity index (χ3n) is 2.09. The average molecular weight is 372 g/mol. The van der Waals surface area contributed by atoms with Crippen LogP contribution in [-0.4, -0.2) is 23.5 Å². The highest BCUT2D eigenvalue weighted by Gasteiger charge is 2.13. The molecule has 1 N–H and O–H groups in total. The van der Waals surface area contributed by atoms with Gasteiger partial charge in [-0.15, -0.1) is 0 Å². The minimum Gasteiger partial charge on any atom is -0.468 e. The van der Waals surface area contributed by atoms with Gasteiger partial charge in [-0.1, -0.05) is 40.3 Å². The van der Waals surface area contributed by atoms with Crippen LogP contribution >= 0.6 is 34.2 Å². The number of methoxy groups -OCH3 is 1. The van der Waals surface area contributed by atoms with Gasteiger partial charge in [-0.2, -0.15) is 0 Å². The molecule has 0 aliphatic carbocycles. The molecule has 6 heteroatoms. The van der Waals surface area contributed by atoms with Crippen molar-refractivity contribution in [1.29, 1.82) is 0 Å². The molecule has 0 amide bonds. The zero-order valence-corrected chi connectivity index (χ0v) is 12.1. The van der Waals surface area contributed by atoms with E-state index in [0.29, 0.717) is 13.1 Å². The molecule has 0 aromatic heterocycles. The van der Waals surface area contributed by atoms with Gasteiger partial charge in [0.2, 0.25) is 0 Å². The summed E-state index contributed by atoms with van der Waals surface area (Å²) in [5.41, 5.74) is 0.866. The summed E-state index contributed by atoms with van der Waals surface area (Å²) in [6.07, 6.45) is 0. The van der Waals surface area contributed by atoms with Gasteiger partial charge in [-0.3, -0.25) is 4.79 Å². The number of halogens is 3. The van der Waals surface area contributed by atoms with Gasteiger partial charge < -0.3 is 10.1 Å². The lowest BCUT2D eigenvalue weighted by atomic mass is 10.2. The topological polar surface area (TPSA) is 38.3 Å². The standard InChI is InChI=1S/C11H12ClFINO2/c1-17-11(16)10(14)6-15-5-7-2-3-9(13)8(12)4-7/h2-4,10,15H,5-6H2,1H3. The second kappa shape index (κ2) is 7.13. The lowest BCUT2D eigenvalue weighted by molar-refractivity contribution is -0.139. The van der Waals surface area contributed by atoms with Crippen molar-refractivity contribution in [2.45, 2.75) is 10.5 Å². The van der Waals surface area contributed by atoms with Crippen molar-refractivity contribution in [2.75, 3.05) is 13.7 Å². The van der Waals surface area contributed by atoms with Crippen molar-refractivity contribution >= 4 is 40.2 Å². The Labute approximate surface area is 118 Å². The number of nitrogens with one attached hydrogen (secondary N) is 1. The molecule has 0 fully saturated rings. The zero-order valence-electron chi connectivity index (χ0n) is 9.17. The number of benzene rings is 1. The molecule has 0 saturated carbocycles. The molecule has 0 spiro atoms. The summed E-state index contributed by atoms with van der Waals surface area (Å²) in [5, 5.41) is 3.17. The highest BCUT2D eigenvalue weighted by molar-refractivity contribution is 14.1. The van der Waals surface area contributed by atoms with Gasteiger partial charge >= 0.3 is 5.97 Å². The summed E-state index contributed by atoms with van der Waals surface area (Å²) >= 11 is 7.65. The summed E-state index contributed by atoms with van der Waals surface area (Å²) < 4.78 is 17.2. The Morgan fingerprint density at radius 1 is 1.65 bits per heavy atom. The molecular formula is C11H12ClFINO2. The van der Waals surface area contributed by atoms with E-state index < -0.39 is 5.82 Å². The summed E-state index contributed by atoms with van der Waals surface area (Å²) in [4.78, 5) is 11.1. The molecular weight excluding hydrogens is 359 g/mol. The molecule has 0 heterocycles. The molecule has 1 atom stereocenters. The van der Waals surface area contributed by atoms with Crippen LogP contribution in [0.3, 0.4) is 0 Å². The molecule has 0 aliphatic heterocycles. The minimum absolute atomic E-state index is 0.100. The Morgan fingerprint density at radius 2 is 2.35 bits per heavy atom. The number of rotatable bonds is 5. The van der Waals surface area contributed by atoms with Gasteiger partial charge in [0.05, 0.1) is 12.1 Å². The predicted molar refractivity (Wildman–Crippen MR) is 72.9 cm³/mol. The maximum absolute atomic E-state index is 12.9. The maximum Gasteiger partial charge on any atom is 0.319 e. The monoisotopic (exact) mass is 371 g/mol. The van der Waals surface area contributed by atoms with Crippen LogP contribution in [0.1, 0.15) is 5.56 Å². The first-order chi connectivity index (χ1) is 8.04. The smallest absolute Gasteiger partial charge is 0.319 e. The number of carbonyl (C=O) groups is 1. The Bertz CT molecular complexity index is 403. The molecule has 1 rings (SSSR count). The van der Waals surface area contributed by atoms with Crippen molar-refractivity contribution in [2.24, 2.45) is 0 Å². The highest BCUT2D eigenvalue weighted by Crippen LogP contribution is 2.15. The van der Waals surface area contributed by atoms with E-state index in [-0.39, 0.29) is 14.9 Å². The second-order valence-corrected chi connectivity index (χ2v) is 5.28. The predicted octanol–water partition coefficient (Wildman–Crippen LogP) is 2.55. The van der Waals surface area contributed by atoms with Gasteiger partial charge in [0, 0.05) is 13.1 Å². The van der Waals surface area contributed by atoms with Crippen LogP contribution in [0, 0.1) is 5.82 Å². The van der Waals surface area contributed by atoms with Crippen molar-refractivity contribution in [1.82, 2.24) is 5.32 Å². The molecule has 1 aromatic rings. The summed E-state index contributed by atoms with van der Waals surface area (Å²) in [7, 11) is 1.35. The molecule has 0 aliphatic rings. The van der Waals surface area contributed by atoms with Gasteiger partial charge in [-0.25, -0.2) is 4.39 Å². The average Bonchev–Trinajstić information content (AvgIpc) is 2.32. The second-order valence-electron chi connectivity index (χ2n) is 3.37. The largest absolute Gasteiger partial charge is 0.468 e. The molecule has 0 saturated heterocycles. The van der Waals surface area contributed by atoms with E-state index in [4.69, 9.17) is 11.6 Å². The fraction of sp³-hybridized carbons (Fsp3) is 0.364. The highest BCUT2D eigenvalue weighted by atomic mass is 127. The molecule has 0 radical (unpaired) electrons. The van der Waals surface area contributed by atoms with Gasteiger partial charge in [-0.05, 0) is 17.7 Å². The fourth-order valence-electron chi connectivity index (χ4n) is 1.20. The van der Waals surface area contributed by atoms with E-state index in [1.165, 1.54) is 13.2 Å². The summed E-state index contributed by atoms with van der Waals surface area (Å²) in [6, 6.07) is 4.53. The van der Waals surface area contributed by atoms with Crippen molar-refractivity contribution in [3.8, 4) is 0 Å². The van der Waals surface area contributed by atoms with Crippen LogP contribution in [0.5, 0.6) is 0 Å². The third-order valence-corrected chi connectivity index (χ3v) is 3.33. The molecule has 1 aromatic carbocycles. The van der Waals surface area contributed by atoms with Crippen LogP contribution in [0.4, 0.5) is 4.39 Å². The number of carbonyl (C=O) groups excluding carboxylic acids is 1. The summed E-state index contributed by atoms with van der Waals surface area (Å²) in [5.74, 6) is -0.702. The molecule has 17 heavy (non-hydrogen) atoms. The first kappa shape index (κ1) is 14.7. The van der Waals surface area contributed by atoms with E-state index >= 15 is 0 Å². The van der Waals surface area contributed by atoms with E-state index in [0.717, 1.165) is 5.56 Å². The Kier molecular flexibility index (Phi) is 6.15. The lowest BCUT2D eigenvalue weighted by Gasteiger charge is -2.09. The first-order valence-electron chi connectivity index (χ1n) is 4.91. The Hall–Kier alpha value is -0.400. The van der Waals surface area contributed by atoms with Crippen LogP contribution in [0.15, 0.2) is 18.2 Å². The quantitative estimate of drug-likeness (QED) is 0.491. The van der Waals surface area contributed by atoms with Gasteiger partial charge in [0.25, 0.3) is 0 Å². The number of esters is 1. The molecule has 94 valence electrons. The number of hydrogen-bond donors (Lipinski definition) is 1. The normalized spacial score (nSPS) is 12.2. The van der Waals surface area contributed by atoms with Crippen LogP contribution in [-0.2, 0) is 16.1 Å². The van der Waals surface area contributed by atoms with E-state index in [2.05, 4.69) is 10.1 Å². The Morgan fingerprint density at radius 3 is 2.94 bits per heavy atom. The lowest BCUT2D eigenvalue weighted by Crippen LogP contribution is -2.29. The van der Waals surface area contributed by atoms with Crippen LogP contribution in [0.25, 0.3) is 0 Å². The summed E-state index contributed by atoms with van der Waals surface area (Å²) in [6.45, 7) is 1.01. The molecule has 1 unspecified atom stereocenters. The van der Waals surface area contributed by atoms with E-state index in [9.17, 15) is 9.18 Å². The third kappa shape index (κ3) is 4.77. The maximum atomic E-state index is 12.9. The van der Waals surface area contributed by atoms with Crippen LogP contribution in [0.2, 0.25) is 5.02 Å². The zero-order chi connectivity index (χ0) is 12.8. The fourth-order valence-corrected chi connectivity index (χ4v) is 1.97. The number of hydrogen-bond acceptors (Lipinski definition) is 3. The molecule has 0 bridgehead atoms. The van der Waals surface area contributed by atoms with Crippen molar-refractivity contribution < 1.29 is 13.9 Å². The van der Waals surface area contributed by atoms with Crippen molar-refractivity contribution in [3.63, 3.8) is 0 Å². The van der Waals surface area contributed by atoms with Gasteiger partial charge in [0.1, 0.15) is 9.74 Å². The SMILES string of the molecule is COC(=O)C(I)CNCc1ccc(F)c(Cl)c1. The van der Waals surface area contributed by atoms with Gasteiger partial charge in [0.15, 0.2) is 0 Å². The van der Waals surface area contributed by atoms with Crippen LogP contribution < -0.4 is 5.32 Å². The number of alkyl halides is 1. The first-order valence-corrected chi connectivity index (χ1v) is 6.53. The van der Waals surface area contributed by atoms with E-state index in [1.54, 1.807) is 12.1 Å². The minimum atomic E-state index is -0.434. The Balaban J connectivity index is 2.40. The van der Waals surface area contributed by atoms with Crippen molar-refractivity contribution in [3.05, 3.63) is 34.6 Å².